The highest BCUT2D eigenvalue weighted by molar-refractivity contribution is 7.85. The van der Waals surface area contributed by atoms with E-state index in [4.69, 9.17) is 19.4 Å². The molecule has 190 valence electrons. The van der Waals surface area contributed by atoms with Crippen molar-refractivity contribution in [1.82, 2.24) is 9.71 Å². The SMILES string of the molecule is CC(C)CC(N)C(=O)NS(=O)(=O)OCC1OC(CCOC(=O)C=Cc2ccccn2)C(O)C1O. The zero-order valence-corrected chi connectivity index (χ0v) is 19.8. The summed E-state index contributed by atoms with van der Waals surface area (Å²) in [6.45, 7) is 2.90. The first-order valence-corrected chi connectivity index (χ1v) is 12.1. The number of rotatable bonds is 12. The molecule has 1 saturated heterocycles. The lowest BCUT2D eigenvalue weighted by molar-refractivity contribution is -0.139. The normalized spacial score (nSPS) is 23.8. The van der Waals surface area contributed by atoms with Crippen LogP contribution in [0.5, 0.6) is 0 Å². The van der Waals surface area contributed by atoms with Gasteiger partial charge in [-0.25, -0.2) is 9.52 Å². The number of aromatic nitrogens is 1. The number of amides is 1. The zero-order valence-electron chi connectivity index (χ0n) is 18.9. The number of carbonyl (C=O) groups excluding carboxylic acids is 2. The molecule has 1 aliphatic heterocycles. The van der Waals surface area contributed by atoms with E-state index in [-0.39, 0.29) is 25.4 Å². The molecule has 0 spiro atoms. The monoisotopic (exact) mass is 501 g/mol. The van der Waals surface area contributed by atoms with E-state index in [2.05, 4.69) is 4.98 Å². The molecule has 1 aromatic rings. The Morgan fingerprint density at radius 2 is 1.97 bits per heavy atom. The molecule has 0 radical (unpaired) electrons. The molecule has 12 nitrogen and oxygen atoms in total. The van der Waals surface area contributed by atoms with Gasteiger partial charge in [0.1, 0.15) is 18.3 Å². The van der Waals surface area contributed by atoms with Gasteiger partial charge in [0, 0.05) is 18.7 Å². The van der Waals surface area contributed by atoms with Crippen LogP contribution < -0.4 is 10.5 Å². The van der Waals surface area contributed by atoms with Gasteiger partial charge in [-0.15, -0.1) is 0 Å². The average molecular weight is 502 g/mol. The summed E-state index contributed by atoms with van der Waals surface area (Å²) in [6.07, 6.45) is -0.317. The van der Waals surface area contributed by atoms with Crippen LogP contribution in [0.25, 0.3) is 6.08 Å². The van der Waals surface area contributed by atoms with Crippen LogP contribution in [0, 0.1) is 5.92 Å². The van der Waals surface area contributed by atoms with E-state index in [0.717, 1.165) is 0 Å². The number of ether oxygens (including phenoxy) is 2. The first-order valence-electron chi connectivity index (χ1n) is 10.7. The number of carbonyl (C=O) groups is 2. The number of pyridine rings is 1. The molecule has 0 aromatic carbocycles. The lowest BCUT2D eigenvalue weighted by Gasteiger charge is -2.17. The molecule has 0 bridgehead atoms. The Hall–Kier alpha value is -2.42. The molecule has 1 amide bonds. The van der Waals surface area contributed by atoms with Gasteiger partial charge in [0.15, 0.2) is 0 Å². The quantitative estimate of drug-likeness (QED) is 0.209. The molecular formula is C21H31N3O9S. The van der Waals surface area contributed by atoms with Crippen molar-refractivity contribution in [2.24, 2.45) is 11.7 Å². The number of nitrogens with one attached hydrogen (secondary N) is 1. The predicted molar refractivity (Wildman–Crippen MR) is 120 cm³/mol. The molecule has 5 N–H and O–H groups in total. The van der Waals surface area contributed by atoms with Crippen LogP contribution >= 0.6 is 0 Å². The predicted octanol–water partition coefficient (Wildman–Crippen LogP) is -0.732. The molecule has 1 aromatic heterocycles. The summed E-state index contributed by atoms with van der Waals surface area (Å²) in [4.78, 5) is 27.7. The Kier molecular flexibility index (Phi) is 10.5. The Morgan fingerprint density at radius 1 is 1.26 bits per heavy atom. The van der Waals surface area contributed by atoms with Crippen molar-refractivity contribution in [2.45, 2.75) is 57.1 Å². The van der Waals surface area contributed by atoms with E-state index < -0.39 is 59.2 Å². The molecule has 13 heteroatoms. The van der Waals surface area contributed by atoms with Crippen molar-refractivity contribution in [2.75, 3.05) is 13.2 Å². The molecule has 0 saturated carbocycles. The number of hydrogen-bond acceptors (Lipinski definition) is 11. The molecule has 2 heterocycles. The maximum atomic E-state index is 12.0. The average Bonchev–Trinajstić information content (AvgIpc) is 3.04. The van der Waals surface area contributed by atoms with E-state index in [9.17, 15) is 28.2 Å². The summed E-state index contributed by atoms with van der Waals surface area (Å²) in [6, 6.07) is 4.19. The minimum Gasteiger partial charge on any atom is -0.462 e. The highest BCUT2D eigenvalue weighted by Crippen LogP contribution is 2.24. The molecule has 34 heavy (non-hydrogen) atoms. The van der Waals surface area contributed by atoms with Gasteiger partial charge in [-0.1, -0.05) is 19.9 Å². The second-order valence-electron chi connectivity index (χ2n) is 8.18. The van der Waals surface area contributed by atoms with Gasteiger partial charge in [-0.05, 0) is 30.5 Å². The fourth-order valence-electron chi connectivity index (χ4n) is 3.15. The molecule has 0 aliphatic carbocycles. The second kappa shape index (κ2) is 12.9. The van der Waals surface area contributed by atoms with Gasteiger partial charge in [0.25, 0.3) is 5.91 Å². The Morgan fingerprint density at radius 3 is 2.62 bits per heavy atom. The summed E-state index contributed by atoms with van der Waals surface area (Å²) in [5.74, 6) is -1.46. The fraction of sp³-hybridized carbons (Fsp3) is 0.571. The fourth-order valence-corrected chi connectivity index (χ4v) is 3.92. The number of nitrogens with zero attached hydrogens (tertiary/aromatic N) is 1. The van der Waals surface area contributed by atoms with Gasteiger partial charge in [-0.3, -0.25) is 14.0 Å². The lowest BCUT2D eigenvalue weighted by Crippen LogP contribution is -2.45. The third kappa shape index (κ3) is 9.08. The summed E-state index contributed by atoms with van der Waals surface area (Å²) in [7, 11) is -4.50. The topological polar surface area (TPSA) is 187 Å². The minimum absolute atomic E-state index is 0.0471. The van der Waals surface area contributed by atoms with Crippen LogP contribution in [0.3, 0.4) is 0 Å². The second-order valence-corrected chi connectivity index (χ2v) is 9.53. The van der Waals surface area contributed by atoms with E-state index >= 15 is 0 Å². The van der Waals surface area contributed by atoms with Gasteiger partial charge < -0.3 is 25.4 Å². The zero-order chi connectivity index (χ0) is 25.3. The molecule has 5 unspecified atom stereocenters. The van der Waals surface area contributed by atoms with Crippen LogP contribution in [0.15, 0.2) is 30.5 Å². The minimum atomic E-state index is -4.50. The molecule has 1 aliphatic rings. The lowest BCUT2D eigenvalue weighted by atomic mass is 10.0. The van der Waals surface area contributed by atoms with Gasteiger partial charge >= 0.3 is 16.3 Å². The van der Waals surface area contributed by atoms with E-state index in [0.29, 0.717) is 5.69 Å². The smallest absolute Gasteiger partial charge is 0.362 e. The summed E-state index contributed by atoms with van der Waals surface area (Å²) >= 11 is 0. The molecule has 2 rings (SSSR count). The van der Waals surface area contributed by atoms with E-state index in [1.54, 1.807) is 29.1 Å². The Bertz CT molecular complexity index is 940. The number of hydrogen-bond donors (Lipinski definition) is 4. The van der Waals surface area contributed by atoms with Crippen molar-refractivity contribution < 1.29 is 41.9 Å². The van der Waals surface area contributed by atoms with Crippen molar-refractivity contribution in [3.8, 4) is 0 Å². The van der Waals surface area contributed by atoms with E-state index in [1.165, 1.54) is 12.2 Å². The molecular weight excluding hydrogens is 470 g/mol. The van der Waals surface area contributed by atoms with Crippen LogP contribution in [0.1, 0.15) is 32.4 Å². The van der Waals surface area contributed by atoms with Crippen LogP contribution in [-0.2, 0) is 33.6 Å². The maximum Gasteiger partial charge on any atom is 0.362 e. The highest BCUT2D eigenvalue weighted by atomic mass is 32.2. The first-order chi connectivity index (χ1) is 16.0. The van der Waals surface area contributed by atoms with Crippen molar-refractivity contribution in [3.05, 3.63) is 36.2 Å². The summed E-state index contributed by atoms with van der Waals surface area (Å²) in [5, 5.41) is 20.3. The first kappa shape index (κ1) is 27.8. The summed E-state index contributed by atoms with van der Waals surface area (Å²) < 4.78 is 40.9. The standard InChI is InChI=1S/C21H31N3O9S/c1-13(2)11-15(22)21(28)24-34(29,30)32-12-17-20(27)19(26)16(33-17)8-10-31-18(25)7-6-14-5-3-4-9-23-14/h3-7,9,13,15-17,19-20,26-27H,8,10-12,22H2,1-2H3,(H,24,28). The van der Waals surface area contributed by atoms with Gasteiger partial charge in [-0.2, -0.15) is 8.42 Å². The van der Waals surface area contributed by atoms with Crippen LogP contribution in [0.2, 0.25) is 0 Å². The van der Waals surface area contributed by atoms with Crippen molar-refractivity contribution in [1.29, 1.82) is 0 Å². The number of aliphatic hydroxyl groups excluding tert-OH is 2. The Labute approximate surface area is 198 Å². The largest absolute Gasteiger partial charge is 0.462 e. The number of nitrogens with two attached hydrogens (primary N) is 1. The maximum absolute atomic E-state index is 12.0. The number of esters is 1. The molecule has 1 fully saturated rings. The third-order valence-electron chi connectivity index (χ3n) is 4.86. The number of aliphatic hydroxyl groups is 2. The van der Waals surface area contributed by atoms with Crippen molar-refractivity contribution >= 4 is 28.3 Å². The van der Waals surface area contributed by atoms with E-state index in [1.807, 2.05) is 13.8 Å². The van der Waals surface area contributed by atoms with Gasteiger partial charge in [0.05, 0.1) is 31.1 Å². The summed E-state index contributed by atoms with van der Waals surface area (Å²) in [5.41, 5.74) is 6.22. The highest BCUT2D eigenvalue weighted by Gasteiger charge is 2.43. The molecule has 5 atom stereocenters. The van der Waals surface area contributed by atoms with Crippen LogP contribution in [0.4, 0.5) is 0 Å². The Balaban J connectivity index is 1.77. The van der Waals surface area contributed by atoms with Crippen molar-refractivity contribution in [3.63, 3.8) is 0 Å². The third-order valence-corrected chi connectivity index (χ3v) is 5.76. The van der Waals surface area contributed by atoms with Gasteiger partial charge in [0.2, 0.25) is 0 Å². The van der Waals surface area contributed by atoms with Crippen LogP contribution in [-0.4, -0.2) is 79.2 Å².